The van der Waals surface area contributed by atoms with Crippen molar-refractivity contribution in [2.75, 3.05) is 6.61 Å². The minimum absolute atomic E-state index is 0.0533. The molecule has 2 unspecified atom stereocenters. The molecule has 1 aromatic heterocycles. The van der Waals surface area contributed by atoms with Crippen molar-refractivity contribution in [1.29, 1.82) is 0 Å². The molecule has 1 aliphatic rings. The molecule has 0 spiro atoms. The smallest absolute Gasteiger partial charge is 0.349 e. The monoisotopic (exact) mass is 562 g/mol. The number of aromatic nitrogens is 2. The number of phosphoric ester groups is 2. The second kappa shape index (κ2) is 10.0. The summed E-state index contributed by atoms with van der Waals surface area (Å²) in [6.07, 6.45) is -4.11. The van der Waals surface area contributed by atoms with Gasteiger partial charge in [0.25, 0.3) is 5.56 Å². The van der Waals surface area contributed by atoms with E-state index >= 15 is 0 Å². The van der Waals surface area contributed by atoms with E-state index in [-0.39, 0.29) is 5.56 Å². The highest BCUT2D eigenvalue weighted by Gasteiger charge is 2.46. The molecular formula is C10H18N2O17P4. The molecule has 0 radical (unpaired) electrons. The molecule has 23 heteroatoms. The third-order valence-corrected chi connectivity index (χ3v) is 8.08. The van der Waals surface area contributed by atoms with Crippen molar-refractivity contribution >= 4 is 31.3 Å². The molecule has 1 saturated heterocycles. The number of nitrogens with zero attached hydrogens (tertiary/aromatic N) is 1. The molecular weight excluding hydrogens is 544 g/mol. The maximum atomic E-state index is 12.1. The van der Waals surface area contributed by atoms with E-state index in [1.165, 1.54) is 6.92 Å². The minimum Gasteiger partial charge on any atom is -0.349 e. The number of aryl methyl sites for hydroxylation is 1. The van der Waals surface area contributed by atoms with Gasteiger partial charge >= 0.3 is 37.0 Å². The van der Waals surface area contributed by atoms with E-state index in [4.69, 9.17) is 24.3 Å². The Labute approximate surface area is 182 Å². The van der Waals surface area contributed by atoms with Gasteiger partial charge in [0.1, 0.15) is 18.4 Å². The number of hydrogen-bond donors (Lipinski definition) is 7. The van der Waals surface area contributed by atoms with Crippen LogP contribution in [0.25, 0.3) is 0 Å². The SMILES string of the molecule is Cc1cn([C@H]2C[C@H](OP(=O)(O)OP(=O)(O)OP(=O)(O)O)[C@@H](COP(=O)(O)O)O2)c(=O)[nH]c1=O. The standard InChI is InChI=1S/C10H18N2O17P4/c1-5-3-12(10(14)11-9(5)13)8-2-6(7(26-8)4-25-30(15,16)17)27-32(21,22)29-33(23,24)28-31(18,19)20/h3,6-8H,2,4H2,1H3,(H,21,22)(H,23,24)(H,11,13,14)(H2,15,16,17)(H2,18,19,20)/t6-,7+,8+/m0/s1. The Morgan fingerprint density at radius 3 is 2.18 bits per heavy atom. The molecule has 5 atom stereocenters. The first-order chi connectivity index (χ1) is 14.8. The van der Waals surface area contributed by atoms with Crippen molar-refractivity contribution in [3.63, 3.8) is 0 Å². The van der Waals surface area contributed by atoms with Gasteiger partial charge in [-0.05, 0) is 6.92 Å². The lowest BCUT2D eigenvalue weighted by atomic mass is 10.2. The number of H-pyrrole nitrogens is 1. The molecule has 2 rings (SSSR count). The Balaban J connectivity index is 2.28. The normalized spacial score (nSPS) is 25.5. The topological polar surface area (TPSA) is 291 Å². The molecule has 0 aliphatic carbocycles. The second-order valence-electron chi connectivity index (χ2n) is 6.36. The van der Waals surface area contributed by atoms with Gasteiger partial charge in [0.2, 0.25) is 0 Å². The third-order valence-electron chi connectivity index (χ3n) is 3.73. The molecule has 1 fully saturated rings. The molecule has 19 nitrogen and oxygen atoms in total. The summed E-state index contributed by atoms with van der Waals surface area (Å²) in [4.78, 5) is 79.3. The van der Waals surface area contributed by atoms with Crippen molar-refractivity contribution in [1.82, 2.24) is 9.55 Å². The van der Waals surface area contributed by atoms with Crippen LogP contribution in [0.1, 0.15) is 18.2 Å². The first-order valence-electron chi connectivity index (χ1n) is 8.27. The van der Waals surface area contributed by atoms with Crippen molar-refractivity contribution in [2.45, 2.75) is 31.8 Å². The van der Waals surface area contributed by atoms with Gasteiger partial charge in [0, 0.05) is 18.2 Å². The summed E-state index contributed by atoms with van der Waals surface area (Å²) in [6, 6.07) is 0. The maximum Gasteiger partial charge on any atom is 0.490 e. The number of aromatic amines is 1. The molecule has 33 heavy (non-hydrogen) atoms. The Morgan fingerprint density at radius 2 is 1.64 bits per heavy atom. The minimum atomic E-state index is -5.84. The first kappa shape index (κ1) is 28.4. The zero-order valence-electron chi connectivity index (χ0n) is 16.1. The lowest BCUT2D eigenvalue weighted by Crippen LogP contribution is -2.33. The van der Waals surface area contributed by atoms with Crippen molar-refractivity contribution in [2.24, 2.45) is 0 Å². The van der Waals surface area contributed by atoms with E-state index in [0.717, 1.165) is 10.8 Å². The van der Waals surface area contributed by atoms with Gasteiger partial charge < -0.3 is 34.1 Å². The van der Waals surface area contributed by atoms with Crippen LogP contribution in [0.3, 0.4) is 0 Å². The fourth-order valence-electron chi connectivity index (χ4n) is 2.57. The van der Waals surface area contributed by atoms with Crippen LogP contribution in [-0.4, -0.2) is 57.7 Å². The van der Waals surface area contributed by atoms with Crippen LogP contribution in [0.4, 0.5) is 0 Å². The molecule has 1 aromatic rings. The summed E-state index contributed by atoms with van der Waals surface area (Å²) in [7, 11) is -22.2. The number of phosphoric acid groups is 4. The van der Waals surface area contributed by atoms with Gasteiger partial charge in [-0.25, -0.2) is 23.1 Å². The van der Waals surface area contributed by atoms with Crippen LogP contribution in [0, 0.1) is 6.92 Å². The Kier molecular flexibility index (Phi) is 8.63. The van der Waals surface area contributed by atoms with Gasteiger partial charge in [-0.2, -0.15) is 8.62 Å². The maximum absolute atomic E-state index is 12.1. The zero-order valence-corrected chi connectivity index (χ0v) is 19.7. The average molecular weight is 562 g/mol. The summed E-state index contributed by atoms with van der Waals surface area (Å²) in [5.74, 6) is 0. The highest BCUT2D eigenvalue weighted by molar-refractivity contribution is 7.66. The highest BCUT2D eigenvalue weighted by atomic mass is 31.3. The fraction of sp³-hybridized carbons (Fsp3) is 0.600. The van der Waals surface area contributed by atoms with Crippen molar-refractivity contribution in [3.05, 3.63) is 32.6 Å². The molecule has 190 valence electrons. The number of ether oxygens (including phenoxy) is 1. The van der Waals surface area contributed by atoms with Gasteiger partial charge in [0.05, 0.1) is 6.61 Å². The van der Waals surface area contributed by atoms with E-state index < -0.39 is 74.0 Å². The Hall–Kier alpha value is -0.840. The molecule has 0 saturated carbocycles. The molecule has 7 N–H and O–H groups in total. The van der Waals surface area contributed by atoms with E-state index in [1.807, 2.05) is 4.98 Å². The van der Waals surface area contributed by atoms with Gasteiger partial charge in [-0.1, -0.05) is 0 Å². The molecule has 0 amide bonds. The number of rotatable bonds is 10. The van der Waals surface area contributed by atoms with Gasteiger partial charge in [-0.15, -0.1) is 0 Å². The molecule has 2 heterocycles. The fourth-order valence-corrected chi connectivity index (χ4v) is 6.14. The average Bonchev–Trinajstić information content (AvgIpc) is 2.93. The van der Waals surface area contributed by atoms with E-state index in [2.05, 4.69) is 17.7 Å². The first-order valence-corrected chi connectivity index (χ1v) is 14.3. The summed E-state index contributed by atoms with van der Waals surface area (Å²) in [6.45, 7) is 0.361. The quantitative estimate of drug-likeness (QED) is 0.167. The van der Waals surface area contributed by atoms with Gasteiger partial charge in [-0.3, -0.25) is 23.4 Å². The lowest BCUT2D eigenvalue weighted by molar-refractivity contribution is -0.0444. The van der Waals surface area contributed by atoms with Crippen molar-refractivity contribution < 1.29 is 70.0 Å². The third kappa shape index (κ3) is 9.03. The van der Waals surface area contributed by atoms with Crippen LogP contribution < -0.4 is 11.2 Å². The summed E-state index contributed by atoms with van der Waals surface area (Å²) in [5, 5.41) is 0. The summed E-state index contributed by atoms with van der Waals surface area (Å²) in [5.41, 5.74) is -1.65. The van der Waals surface area contributed by atoms with E-state index in [0.29, 0.717) is 0 Å². The van der Waals surface area contributed by atoms with Crippen LogP contribution in [0.15, 0.2) is 15.8 Å². The lowest BCUT2D eigenvalue weighted by Gasteiger charge is -2.22. The highest BCUT2D eigenvalue weighted by Crippen LogP contribution is 2.67. The molecule has 0 aromatic carbocycles. The predicted molar refractivity (Wildman–Crippen MR) is 101 cm³/mol. The summed E-state index contributed by atoms with van der Waals surface area (Å²) >= 11 is 0. The molecule has 0 bridgehead atoms. The predicted octanol–water partition coefficient (Wildman–Crippen LogP) is -1.05. The van der Waals surface area contributed by atoms with Crippen LogP contribution in [-0.2, 0) is 40.7 Å². The summed E-state index contributed by atoms with van der Waals surface area (Å²) < 4.78 is 67.5. The second-order valence-corrected chi connectivity index (χ2v) is 12.0. The number of nitrogens with one attached hydrogen (secondary N) is 1. The van der Waals surface area contributed by atoms with Crippen LogP contribution >= 0.6 is 31.3 Å². The van der Waals surface area contributed by atoms with Crippen LogP contribution in [0.5, 0.6) is 0 Å². The van der Waals surface area contributed by atoms with Gasteiger partial charge in [0.15, 0.2) is 0 Å². The van der Waals surface area contributed by atoms with E-state index in [1.54, 1.807) is 0 Å². The Morgan fingerprint density at radius 1 is 1.03 bits per heavy atom. The van der Waals surface area contributed by atoms with E-state index in [9.17, 15) is 37.6 Å². The zero-order chi connectivity index (χ0) is 25.4. The van der Waals surface area contributed by atoms with Crippen LogP contribution in [0.2, 0.25) is 0 Å². The molecule has 1 aliphatic heterocycles. The largest absolute Gasteiger partial charge is 0.490 e. The number of hydrogen-bond acceptors (Lipinski definition) is 11. The Bertz CT molecular complexity index is 1180. The van der Waals surface area contributed by atoms with Crippen molar-refractivity contribution in [3.8, 4) is 0 Å².